The first kappa shape index (κ1) is 13.2. The van der Waals surface area contributed by atoms with Gasteiger partial charge < -0.3 is 9.30 Å². The van der Waals surface area contributed by atoms with Crippen molar-refractivity contribution in [3.05, 3.63) is 29.6 Å². The molecule has 0 aliphatic heterocycles. The second kappa shape index (κ2) is 5.63. The molecule has 1 aromatic heterocycles. The smallest absolute Gasteiger partial charge is 0.184 e. The molecule has 0 saturated heterocycles. The van der Waals surface area contributed by atoms with E-state index in [1.807, 2.05) is 0 Å². The molecule has 0 spiro atoms. The third-order valence-corrected chi connectivity index (χ3v) is 2.90. The number of fused-ring (bicyclic) bond motifs is 1. The van der Waals surface area contributed by atoms with Gasteiger partial charge in [0.25, 0.3) is 0 Å². The zero-order valence-corrected chi connectivity index (χ0v) is 10.7. The summed E-state index contributed by atoms with van der Waals surface area (Å²) >= 11 is 5.69. The van der Waals surface area contributed by atoms with Crippen LogP contribution < -0.4 is 0 Å². The molecule has 0 atom stereocenters. The average molecular weight is 275 g/mol. The Morgan fingerprint density at radius 3 is 2.83 bits per heavy atom. The van der Waals surface area contributed by atoms with E-state index in [9.17, 15) is 8.78 Å². The quantitative estimate of drug-likeness (QED) is 0.784. The zero-order chi connectivity index (χ0) is 13.1. The van der Waals surface area contributed by atoms with Gasteiger partial charge in [-0.2, -0.15) is 0 Å². The van der Waals surface area contributed by atoms with Crippen LogP contribution in [0.25, 0.3) is 11.0 Å². The number of hydrogen-bond donors (Lipinski definition) is 0. The van der Waals surface area contributed by atoms with Gasteiger partial charge in [-0.25, -0.2) is 13.8 Å². The molecule has 3 nitrogen and oxygen atoms in total. The molecule has 0 aliphatic rings. The van der Waals surface area contributed by atoms with Gasteiger partial charge in [0.05, 0.1) is 12.1 Å². The lowest BCUT2D eigenvalue weighted by molar-refractivity contribution is 0.187. The molecule has 0 amide bonds. The molecule has 1 aromatic carbocycles. The summed E-state index contributed by atoms with van der Waals surface area (Å²) in [6.07, 6.45) is 0.501. The minimum absolute atomic E-state index is 0.173. The average Bonchev–Trinajstić information content (AvgIpc) is 2.70. The van der Waals surface area contributed by atoms with Crippen LogP contribution in [-0.4, -0.2) is 29.1 Å². The number of halogens is 3. The molecular formula is C12H13ClF2N2O. The molecule has 0 fully saturated rings. The van der Waals surface area contributed by atoms with Crippen molar-refractivity contribution in [2.75, 3.05) is 19.6 Å². The molecule has 18 heavy (non-hydrogen) atoms. The first-order valence-electron chi connectivity index (χ1n) is 5.57. The van der Waals surface area contributed by atoms with Gasteiger partial charge in [0.2, 0.25) is 0 Å². The third-order valence-electron chi connectivity index (χ3n) is 2.72. The Labute approximate surface area is 108 Å². The maximum absolute atomic E-state index is 13.8. The molecule has 0 radical (unpaired) electrons. The highest BCUT2D eigenvalue weighted by molar-refractivity contribution is 6.17. The maximum Gasteiger partial charge on any atom is 0.184 e. The predicted molar refractivity (Wildman–Crippen MR) is 65.9 cm³/mol. The van der Waals surface area contributed by atoms with Crippen molar-refractivity contribution in [1.29, 1.82) is 0 Å². The Morgan fingerprint density at radius 1 is 1.39 bits per heavy atom. The van der Waals surface area contributed by atoms with E-state index in [0.717, 1.165) is 6.07 Å². The molecule has 0 unspecified atom stereocenters. The molecule has 0 N–H and O–H groups in total. The van der Waals surface area contributed by atoms with Gasteiger partial charge in [-0.1, -0.05) is 0 Å². The lowest BCUT2D eigenvalue weighted by Crippen LogP contribution is -2.10. The molecule has 2 aromatic rings. The van der Waals surface area contributed by atoms with Crippen molar-refractivity contribution < 1.29 is 13.5 Å². The van der Waals surface area contributed by atoms with Crippen LogP contribution in [0, 0.1) is 11.6 Å². The Hall–Kier alpha value is -1.20. The summed E-state index contributed by atoms with van der Waals surface area (Å²) in [6.45, 7) is 0.816. The number of alkyl halides is 1. The van der Waals surface area contributed by atoms with Gasteiger partial charge in [0, 0.05) is 26.0 Å². The van der Waals surface area contributed by atoms with E-state index in [1.165, 1.54) is 6.07 Å². The van der Waals surface area contributed by atoms with E-state index in [2.05, 4.69) is 4.98 Å². The second-order valence-corrected chi connectivity index (χ2v) is 4.22. The maximum atomic E-state index is 13.8. The monoisotopic (exact) mass is 274 g/mol. The highest BCUT2D eigenvalue weighted by atomic mass is 35.5. The van der Waals surface area contributed by atoms with E-state index in [-0.39, 0.29) is 5.52 Å². The first-order chi connectivity index (χ1) is 8.69. The van der Waals surface area contributed by atoms with E-state index in [4.69, 9.17) is 16.3 Å². The fraction of sp³-hybridized carbons (Fsp3) is 0.417. The minimum atomic E-state index is -0.878. The molecule has 6 heteroatoms. The van der Waals surface area contributed by atoms with Crippen LogP contribution in [0.15, 0.2) is 12.1 Å². The molecule has 2 rings (SSSR count). The molecule has 0 saturated carbocycles. The number of aromatic nitrogens is 2. The fourth-order valence-electron chi connectivity index (χ4n) is 1.90. The largest absolute Gasteiger partial charge is 0.383 e. The summed E-state index contributed by atoms with van der Waals surface area (Å²) in [5.74, 6) is -0.739. The van der Waals surface area contributed by atoms with Crippen LogP contribution in [0.3, 0.4) is 0 Å². The summed E-state index contributed by atoms with van der Waals surface area (Å²) in [5.41, 5.74) is 0.609. The van der Waals surface area contributed by atoms with Gasteiger partial charge in [0.15, 0.2) is 11.6 Å². The normalized spacial score (nSPS) is 11.3. The number of benzene rings is 1. The van der Waals surface area contributed by atoms with Gasteiger partial charge in [-0.15, -0.1) is 11.6 Å². The Kier molecular flexibility index (Phi) is 4.14. The fourth-order valence-corrected chi connectivity index (χ4v) is 2.07. The highest BCUT2D eigenvalue weighted by Crippen LogP contribution is 2.22. The summed E-state index contributed by atoms with van der Waals surface area (Å²) < 4.78 is 33.7. The Balaban J connectivity index is 2.58. The highest BCUT2D eigenvalue weighted by Gasteiger charge is 2.16. The summed E-state index contributed by atoms with van der Waals surface area (Å²) in [7, 11) is 1.55. The van der Waals surface area contributed by atoms with Crippen LogP contribution in [0.4, 0.5) is 8.78 Å². The minimum Gasteiger partial charge on any atom is -0.383 e. The van der Waals surface area contributed by atoms with Crippen molar-refractivity contribution in [2.45, 2.75) is 13.0 Å². The van der Waals surface area contributed by atoms with Crippen LogP contribution in [0.2, 0.25) is 0 Å². The SMILES string of the molecule is COCCn1c(CCCl)nc2ccc(F)c(F)c21. The van der Waals surface area contributed by atoms with E-state index < -0.39 is 11.6 Å². The lowest BCUT2D eigenvalue weighted by Gasteiger charge is -2.08. The van der Waals surface area contributed by atoms with E-state index >= 15 is 0 Å². The molecule has 0 bridgehead atoms. The summed E-state index contributed by atoms with van der Waals surface area (Å²) in [4.78, 5) is 4.27. The molecule has 0 aliphatic carbocycles. The summed E-state index contributed by atoms with van der Waals surface area (Å²) in [6, 6.07) is 2.55. The molecule has 1 heterocycles. The van der Waals surface area contributed by atoms with Crippen molar-refractivity contribution in [3.63, 3.8) is 0 Å². The zero-order valence-electron chi connectivity index (χ0n) is 9.92. The topological polar surface area (TPSA) is 27.1 Å². The number of rotatable bonds is 5. The number of nitrogens with zero attached hydrogens (tertiary/aromatic N) is 2. The number of ether oxygens (including phenoxy) is 1. The van der Waals surface area contributed by atoms with Gasteiger partial charge in [-0.05, 0) is 12.1 Å². The van der Waals surface area contributed by atoms with Crippen molar-refractivity contribution in [2.24, 2.45) is 0 Å². The van der Waals surface area contributed by atoms with Crippen molar-refractivity contribution in [3.8, 4) is 0 Å². The Bertz CT molecular complexity index is 556. The second-order valence-electron chi connectivity index (χ2n) is 3.84. The number of hydrogen-bond acceptors (Lipinski definition) is 2. The van der Waals surface area contributed by atoms with Gasteiger partial charge in [0.1, 0.15) is 11.3 Å². The van der Waals surface area contributed by atoms with E-state index in [0.29, 0.717) is 36.8 Å². The van der Waals surface area contributed by atoms with Gasteiger partial charge in [-0.3, -0.25) is 0 Å². The van der Waals surface area contributed by atoms with Crippen molar-refractivity contribution >= 4 is 22.6 Å². The van der Waals surface area contributed by atoms with Crippen LogP contribution in [-0.2, 0) is 17.7 Å². The van der Waals surface area contributed by atoms with E-state index in [1.54, 1.807) is 11.7 Å². The van der Waals surface area contributed by atoms with Crippen molar-refractivity contribution in [1.82, 2.24) is 9.55 Å². The lowest BCUT2D eigenvalue weighted by atomic mass is 10.3. The predicted octanol–water partition coefficient (Wildman–Crippen LogP) is 2.74. The molecular weight excluding hydrogens is 262 g/mol. The first-order valence-corrected chi connectivity index (χ1v) is 6.10. The standard InChI is InChI=1S/C12H13ClF2N2O/c1-18-7-6-17-10(4-5-13)16-9-3-2-8(14)11(15)12(9)17/h2-3H,4-7H2,1H3. The molecule has 98 valence electrons. The number of aryl methyl sites for hydroxylation is 1. The number of imidazole rings is 1. The van der Waals surface area contributed by atoms with Gasteiger partial charge >= 0.3 is 0 Å². The third kappa shape index (κ3) is 2.33. The van der Waals surface area contributed by atoms with Crippen LogP contribution >= 0.6 is 11.6 Å². The summed E-state index contributed by atoms with van der Waals surface area (Å²) in [5, 5.41) is 0. The Morgan fingerprint density at radius 2 is 2.17 bits per heavy atom. The van der Waals surface area contributed by atoms with Crippen LogP contribution in [0.1, 0.15) is 5.82 Å². The number of methoxy groups -OCH3 is 1. The van der Waals surface area contributed by atoms with Crippen LogP contribution in [0.5, 0.6) is 0 Å².